The number of pyridine rings is 1. The Morgan fingerprint density at radius 1 is 0.882 bits per heavy atom. The van der Waals surface area contributed by atoms with Crippen LogP contribution in [0.25, 0.3) is 12.2 Å². The molecule has 1 heteroatoms. The molecule has 0 fully saturated rings. The summed E-state index contributed by atoms with van der Waals surface area (Å²) in [6, 6.07) is 12.8. The summed E-state index contributed by atoms with van der Waals surface area (Å²) < 4.78 is 2.16. The maximum absolute atomic E-state index is 2.16. The van der Waals surface area contributed by atoms with Gasteiger partial charge in [0.15, 0.2) is 12.4 Å². The van der Waals surface area contributed by atoms with Crippen LogP contribution in [-0.2, 0) is 6.54 Å². The predicted octanol–water partition coefficient (Wildman–Crippen LogP) is 3.47. The zero-order valence-electron chi connectivity index (χ0n) is 10.4. The summed E-state index contributed by atoms with van der Waals surface area (Å²) in [6.45, 7) is 5.26. The fraction of sp³-hybridized carbons (Fsp3) is 0.188. The smallest absolute Gasteiger partial charge is 0.169 e. The molecule has 0 bridgehead atoms. The molecule has 0 atom stereocenters. The summed E-state index contributed by atoms with van der Waals surface area (Å²) in [6.07, 6.45) is 8.50. The zero-order valence-corrected chi connectivity index (χ0v) is 10.4. The van der Waals surface area contributed by atoms with Gasteiger partial charge in [-0.1, -0.05) is 42.0 Å². The number of hydrogen-bond donors (Lipinski definition) is 0. The minimum atomic E-state index is 1.02. The van der Waals surface area contributed by atoms with E-state index in [-0.39, 0.29) is 0 Å². The summed E-state index contributed by atoms with van der Waals surface area (Å²) in [5, 5.41) is 0. The second-order valence-electron chi connectivity index (χ2n) is 4.21. The van der Waals surface area contributed by atoms with Crippen molar-refractivity contribution in [2.45, 2.75) is 20.4 Å². The minimum Gasteiger partial charge on any atom is -0.205 e. The molecule has 0 radical (unpaired) electrons. The van der Waals surface area contributed by atoms with Crippen LogP contribution in [0.5, 0.6) is 0 Å². The van der Waals surface area contributed by atoms with E-state index in [1.165, 1.54) is 16.7 Å². The van der Waals surface area contributed by atoms with E-state index in [2.05, 4.69) is 79.4 Å². The van der Waals surface area contributed by atoms with Crippen LogP contribution in [-0.4, -0.2) is 0 Å². The van der Waals surface area contributed by atoms with Crippen molar-refractivity contribution in [3.63, 3.8) is 0 Å². The lowest BCUT2D eigenvalue weighted by atomic mass is 10.1. The van der Waals surface area contributed by atoms with Gasteiger partial charge in [0.2, 0.25) is 0 Å². The van der Waals surface area contributed by atoms with E-state index in [1.54, 1.807) is 0 Å². The zero-order chi connectivity index (χ0) is 12.1. The van der Waals surface area contributed by atoms with Crippen LogP contribution < -0.4 is 4.57 Å². The maximum atomic E-state index is 2.16. The SMILES string of the molecule is CC[n+]1ccc(C=Cc2ccc(C)cc2)cc1. The van der Waals surface area contributed by atoms with Crippen LogP contribution in [0.15, 0.2) is 48.8 Å². The van der Waals surface area contributed by atoms with E-state index in [0.717, 1.165) is 6.54 Å². The van der Waals surface area contributed by atoms with E-state index < -0.39 is 0 Å². The molecular formula is C16H18N+. The average Bonchev–Trinajstić information content (AvgIpc) is 2.39. The first-order chi connectivity index (χ1) is 8.28. The van der Waals surface area contributed by atoms with Gasteiger partial charge in [0, 0.05) is 12.1 Å². The van der Waals surface area contributed by atoms with Gasteiger partial charge in [-0.2, -0.15) is 0 Å². The highest BCUT2D eigenvalue weighted by atomic mass is 14.9. The van der Waals surface area contributed by atoms with Crippen LogP contribution in [0.2, 0.25) is 0 Å². The Kier molecular flexibility index (Phi) is 3.71. The van der Waals surface area contributed by atoms with Gasteiger partial charge in [-0.25, -0.2) is 4.57 Å². The van der Waals surface area contributed by atoms with Gasteiger partial charge in [0.25, 0.3) is 0 Å². The van der Waals surface area contributed by atoms with Gasteiger partial charge in [0.1, 0.15) is 6.54 Å². The number of benzene rings is 1. The van der Waals surface area contributed by atoms with Crippen molar-refractivity contribution in [1.29, 1.82) is 0 Å². The Hall–Kier alpha value is -1.89. The third-order valence-electron chi connectivity index (χ3n) is 2.83. The van der Waals surface area contributed by atoms with Crippen molar-refractivity contribution >= 4 is 12.2 Å². The van der Waals surface area contributed by atoms with Crippen molar-refractivity contribution in [3.8, 4) is 0 Å². The van der Waals surface area contributed by atoms with Crippen LogP contribution in [0.3, 0.4) is 0 Å². The lowest BCUT2D eigenvalue weighted by Crippen LogP contribution is -2.30. The molecule has 1 nitrogen and oxygen atoms in total. The molecule has 0 unspecified atom stereocenters. The number of aryl methyl sites for hydroxylation is 2. The molecule has 1 aromatic heterocycles. The molecule has 0 amide bonds. The lowest BCUT2D eigenvalue weighted by Gasteiger charge is -1.95. The van der Waals surface area contributed by atoms with Gasteiger partial charge in [0.05, 0.1) is 0 Å². The number of hydrogen-bond acceptors (Lipinski definition) is 0. The Bertz CT molecular complexity index is 492. The molecule has 0 N–H and O–H groups in total. The largest absolute Gasteiger partial charge is 0.205 e. The summed E-state index contributed by atoms with van der Waals surface area (Å²) in [7, 11) is 0. The lowest BCUT2D eigenvalue weighted by molar-refractivity contribution is -0.693. The second kappa shape index (κ2) is 5.44. The summed E-state index contributed by atoms with van der Waals surface area (Å²) in [5.74, 6) is 0. The van der Waals surface area contributed by atoms with Crippen molar-refractivity contribution in [2.24, 2.45) is 0 Å². The van der Waals surface area contributed by atoms with Crippen molar-refractivity contribution < 1.29 is 4.57 Å². The van der Waals surface area contributed by atoms with Gasteiger partial charge in [-0.05, 0) is 25.0 Å². The van der Waals surface area contributed by atoms with Crippen molar-refractivity contribution in [3.05, 3.63) is 65.5 Å². The molecular weight excluding hydrogens is 206 g/mol. The van der Waals surface area contributed by atoms with E-state index >= 15 is 0 Å². The van der Waals surface area contributed by atoms with Crippen LogP contribution in [0, 0.1) is 6.92 Å². The molecule has 0 aliphatic heterocycles. The topological polar surface area (TPSA) is 3.88 Å². The Labute approximate surface area is 103 Å². The highest BCUT2D eigenvalue weighted by Gasteiger charge is 1.94. The molecule has 1 aromatic carbocycles. The quantitative estimate of drug-likeness (QED) is 0.703. The highest BCUT2D eigenvalue weighted by Crippen LogP contribution is 2.08. The molecule has 0 aliphatic rings. The minimum absolute atomic E-state index is 1.02. The molecule has 86 valence electrons. The molecule has 0 aliphatic carbocycles. The highest BCUT2D eigenvalue weighted by molar-refractivity contribution is 5.69. The summed E-state index contributed by atoms with van der Waals surface area (Å²) in [5.41, 5.74) is 3.77. The van der Waals surface area contributed by atoms with Gasteiger partial charge in [-0.15, -0.1) is 0 Å². The number of aromatic nitrogens is 1. The van der Waals surface area contributed by atoms with Crippen LogP contribution >= 0.6 is 0 Å². The Morgan fingerprint density at radius 3 is 1.94 bits per heavy atom. The first kappa shape index (κ1) is 11.6. The Morgan fingerprint density at radius 2 is 1.41 bits per heavy atom. The molecule has 0 spiro atoms. The molecule has 0 saturated heterocycles. The first-order valence-corrected chi connectivity index (χ1v) is 6.02. The van der Waals surface area contributed by atoms with Crippen LogP contribution in [0.4, 0.5) is 0 Å². The molecule has 2 aromatic rings. The van der Waals surface area contributed by atoms with E-state index in [9.17, 15) is 0 Å². The van der Waals surface area contributed by atoms with Crippen molar-refractivity contribution in [2.75, 3.05) is 0 Å². The molecule has 0 saturated carbocycles. The van der Waals surface area contributed by atoms with E-state index in [0.29, 0.717) is 0 Å². The third kappa shape index (κ3) is 3.28. The standard InChI is InChI=1S/C16H18N/c1-3-17-12-10-16(11-13-17)9-8-15-6-4-14(2)5-7-15/h4-13H,3H2,1-2H3/q+1. The molecule has 2 rings (SSSR count). The van der Waals surface area contributed by atoms with Gasteiger partial charge in [-0.3, -0.25) is 0 Å². The summed E-state index contributed by atoms with van der Waals surface area (Å²) in [4.78, 5) is 0. The Balaban J connectivity index is 2.11. The first-order valence-electron chi connectivity index (χ1n) is 6.02. The molecule has 17 heavy (non-hydrogen) atoms. The monoisotopic (exact) mass is 224 g/mol. The second-order valence-corrected chi connectivity index (χ2v) is 4.21. The fourth-order valence-electron chi connectivity index (χ4n) is 1.66. The normalized spacial score (nSPS) is 10.9. The average molecular weight is 224 g/mol. The summed E-state index contributed by atoms with van der Waals surface area (Å²) >= 11 is 0. The maximum Gasteiger partial charge on any atom is 0.169 e. The van der Waals surface area contributed by atoms with E-state index in [4.69, 9.17) is 0 Å². The number of rotatable bonds is 3. The van der Waals surface area contributed by atoms with E-state index in [1.807, 2.05) is 0 Å². The van der Waals surface area contributed by atoms with Gasteiger partial charge < -0.3 is 0 Å². The third-order valence-corrected chi connectivity index (χ3v) is 2.83. The van der Waals surface area contributed by atoms with Crippen LogP contribution in [0.1, 0.15) is 23.6 Å². The van der Waals surface area contributed by atoms with Crippen molar-refractivity contribution in [1.82, 2.24) is 0 Å². The van der Waals surface area contributed by atoms with Gasteiger partial charge >= 0.3 is 0 Å². The fourth-order valence-corrected chi connectivity index (χ4v) is 1.66. The predicted molar refractivity (Wildman–Crippen MR) is 72.4 cm³/mol. The molecule has 1 heterocycles. The number of nitrogens with zero attached hydrogens (tertiary/aromatic N) is 1.